The third kappa shape index (κ3) is 4.85. The fraction of sp³-hybridized carbons (Fsp3) is 0.400. The zero-order valence-corrected chi connectivity index (χ0v) is 10.1. The molecule has 0 heterocycles. The fourth-order valence-electron chi connectivity index (χ4n) is 1.04. The van der Waals surface area contributed by atoms with Crippen molar-refractivity contribution in [3.05, 3.63) is 28.2 Å². The number of ether oxygens (including phenoxy) is 2. The van der Waals surface area contributed by atoms with Gasteiger partial charge in [-0.15, -0.1) is 13.2 Å². The molecule has 0 aliphatic rings. The molecule has 16 heavy (non-hydrogen) atoms. The van der Waals surface area contributed by atoms with Crippen molar-refractivity contribution in [1.82, 2.24) is 0 Å². The number of halogens is 4. The predicted molar refractivity (Wildman–Crippen MR) is 56.4 cm³/mol. The molecule has 0 saturated heterocycles. The van der Waals surface area contributed by atoms with Gasteiger partial charge in [0.05, 0.1) is 6.61 Å². The molecule has 0 N–H and O–H groups in total. The van der Waals surface area contributed by atoms with E-state index in [1.54, 1.807) is 6.07 Å². The van der Waals surface area contributed by atoms with E-state index in [-0.39, 0.29) is 6.61 Å². The molecule has 6 heteroatoms. The third-order valence-corrected chi connectivity index (χ3v) is 2.25. The monoisotopic (exact) mass is 298 g/mol. The summed E-state index contributed by atoms with van der Waals surface area (Å²) in [5.74, 6) is 0.542. The van der Waals surface area contributed by atoms with Gasteiger partial charge in [-0.3, -0.25) is 4.74 Å². The second kappa shape index (κ2) is 5.54. The zero-order chi connectivity index (χ0) is 12.2. The summed E-state index contributed by atoms with van der Waals surface area (Å²) in [5, 5.41) is 0. The number of benzene rings is 1. The molecular formula is C10H10BrF3O2. The smallest absolute Gasteiger partial charge is 0.491 e. The highest BCUT2D eigenvalue weighted by Crippen LogP contribution is 2.23. The van der Waals surface area contributed by atoms with Gasteiger partial charge in [0.2, 0.25) is 0 Å². The summed E-state index contributed by atoms with van der Waals surface area (Å²) in [6, 6.07) is 5.33. The molecule has 0 aromatic heterocycles. The Morgan fingerprint density at radius 2 is 1.94 bits per heavy atom. The van der Waals surface area contributed by atoms with Gasteiger partial charge in [0.1, 0.15) is 12.4 Å². The van der Waals surface area contributed by atoms with Crippen molar-refractivity contribution in [3.8, 4) is 5.75 Å². The van der Waals surface area contributed by atoms with Gasteiger partial charge in [-0.05, 0) is 24.6 Å². The van der Waals surface area contributed by atoms with Gasteiger partial charge in [-0.2, -0.15) is 0 Å². The maximum atomic E-state index is 11.6. The first-order valence-electron chi connectivity index (χ1n) is 4.48. The minimum absolute atomic E-state index is 0.142. The first kappa shape index (κ1) is 13.3. The van der Waals surface area contributed by atoms with Gasteiger partial charge in [0.15, 0.2) is 0 Å². The van der Waals surface area contributed by atoms with E-state index in [2.05, 4.69) is 20.7 Å². The van der Waals surface area contributed by atoms with Gasteiger partial charge in [-0.1, -0.05) is 22.0 Å². The van der Waals surface area contributed by atoms with Crippen LogP contribution in [-0.2, 0) is 4.74 Å². The maximum Gasteiger partial charge on any atom is 0.522 e. The van der Waals surface area contributed by atoms with E-state index in [0.717, 1.165) is 10.0 Å². The number of rotatable bonds is 4. The second-order valence-electron chi connectivity index (χ2n) is 3.05. The van der Waals surface area contributed by atoms with Crippen molar-refractivity contribution < 1.29 is 22.6 Å². The molecule has 0 atom stereocenters. The molecule has 0 amide bonds. The topological polar surface area (TPSA) is 18.5 Å². The second-order valence-corrected chi connectivity index (χ2v) is 3.97. The molecule has 1 aromatic carbocycles. The van der Waals surface area contributed by atoms with Crippen molar-refractivity contribution in [2.75, 3.05) is 13.2 Å². The number of alkyl halides is 3. The molecule has 0 aliphatic carbocycles. The summed E-state index contributed by atoms with van der Waals surface area (Å²) in [7, 11) is 0. The van der Waals surface area contributed by atoms with E-state index in [0.29, 0.717) is 5.75 Å². The third-order valence-electron chi connectivity index (χ3n) is 1.76. The van der Waals surface area contributed by atoms with Gasteiger partial charge >= 0.3 is 6.36 Å². The van der Waals surface area contributed by atoms with Crippen molar-refractivity contribution in [3.63, 3.8) is 0 Å². The molecule has 90 valence electrons. The number of hydrogen-bond acceptors (Lipinski definition) is 2. The van der Waals surface area contributed by atoms with Crippen LogP contribution in [0, 0.1) is 6.92 Å². The Morgan fingerprint density at radius 1 is 1.25 bits per heavy atom. The lowest BCUT2D eigenvalue weighted by Crippen LogP contribution is -2.18. The van der Waals surface area contributed by atoms with Gasteiger partial charge in [-0.25, -0.2) is 0 Å². The highest BCUT2D eigenvalue weighted by Gasteiger charge is 2.28. The van der Waals surface area contributed by atoms with Gasteiger partial charge < -0.3 is 4.74 Å². The van der Waals surface area contributed by atoms with Crippen LogP contribution in [0.1, 0.15) is 5.56 Å². The molecular weight excluding hydrogens is 289 g/mol. The molecule has 0 unspecified atom stereocenters. The Morgan fingerprint density at radius 3 is 2.56 bits per heavy atom. The van der Waals surface area contributed by atoms with Gasteiger partial charge in [0, 0.05) is 4.47 Å². The Balaban J connectivity index is 2.40. The van der Waals surface area contributed by atoms with Crippen LogP contribution in [0.5, 0.6) is 5.75 Å². The Hall–Kier alpha value is -0.750. The molecule has 0 saturated carbocycles. The molecule has 0 aliphatic heterocycles. The zero-order valence-electron chi connectivity index (χ0n) is 8.47. The van der Waals surface area contributed by atoms with Gasteiger partial charge in [0.25, 0.3) is 0 Å². The molecule has 0 spiro atoms. The lowest BCUT2D eigenvalue weighted by molar-refractivity contribution is -0.325. The van der Waals surface area contributed by atoms with E-state index in [1.165, 1.54) is 0 Å². The molecule has 0 bridgehead atoms. The van der Waals surface area contributed by atoms with Crippen LogP contribution in [-0.4, -0.2) is 19.6 Å². The van der Waals surface area contributed by atoms with E-state index in [9.17, 15) is 13.2 Å². The quantitative estimate of drug-likeness (QED) is 0.790. The number of aryl methyl sites for hydroxylation is 1. The largest absolute Gasteiger partial charge is 0.522 e. The standard InChI is InChI=1S/C10H10BrF3O2/c1-7-2-3-8(11)6-9(7)15-4-5-16-10(12,13)14/h2-3,6H,4-5H2,1H3. The average molecular weight is 299 g/mol. The van der Waals surface area contributed by atoms with E-state index in [4.69, 9.17) is 4.74 Å². The molecule has 1 aromatic rings. The summed E-state index contributed by atoms with van der Waals surface area (Å²) < 4.78 is 44.5. The summed E-state index contributed by atoms with van der Waals surface area (Å²) in [6.07, 6.45) is -4.60. The first-order valence-corrected chi connectivity index (χ1v) is 5.27. The Kier molecular flexibility index (Phi) is 4.61. The molecule has 0 radical (unpaired) electrons. The van der Waals surface area contributed by atoms with Crippen LogP contribution in [0.4, 0.5) is 13.2 Å². The molecule has 1 rings (SSSR count). The van der Waals surface area contributed by atoms with E-state index in [1.807, 2.05) is 19.1 Å². The SMILES string of the molecule is Cc1ccc(Br)cc1OCCOC(F)(F)F. The summed E-state index contributed by atoms with van der Waals surface area (Å²) in [5.41, 5.74) is 0.857. The molecule has 2 nitrogen and oxygen atoms in total. The Bertz CT molecular complexity index is 352. The van der Waals surface area contributed by atoms with Crippen LogP contribution in [0.25, 0.3) is 0 Å². The van der Waals surface area contributed by atoms with E-state index >= 15 is 0 Å². The molecule has 0 fully saturated rings. The summed E-state index contributed by atoms with van der Waals surface area (Å²) >= 11 is 3.25. The van der Waals surface area contributed by atoms with Crippen LogP contribution in [0.15, 0.2) is 22.7 Å². The summed E-state index contributed by atoms with van der Waals surface area (Å²) in [4.78, 5) is 0. The lowest BCUT2D eigenvalue weighted by atomic mass is 10.2. The minimum atomic E-state index is -4.60. The van der Waals surface area contributed by atoms with Crippen LogP contribution in [0.2, 0.25) is 0 Å². The lowest BCUT2D eigenvalue weighted by Gasteiger charge is -2.10. The van der Waals surface area contributed by atoms with E-state index < -0.39 is 13.0 Å². The average Bonchev–Trinajstić information content (AvgIpc) is 2.16. The van der Waals surface area contributed by atoms with Crippen molar-refractivity contribution in [2.45, 2.75) is 13.3 Å². The van der Waals surface area contributed by atoms with Crippen LogP contribution >= 0.6 is 15.9 Å². The highest BCUT2D eigenvalue weighted by atomic mass is 79.9. The maximum absolute atomic E-state index is 11.6. The van der Waals surface area contributed by atoms with Crippen molar-refractivity contribution >= 4 is 15.9 Å². The normalized spacial score (nSPS) is 11.6. The van der Waals surface area contributed by atoms with Crippen molar-refractivity contribution in [2.24, 2.45) is 0 Å². The highest BCUT2D eigenvalue weighted by molar-refractivity contribution is 9.10. The summed E-state index contributed by atoms with van der Waals surface area (Å²) in [6.45, 7) is 1.15. The number of hydrogen-bond donors (Lipinski definition) is 0. The Labute approximate surface area is 99.5 Å². The van der Waals surface area contributed by atoms with Crippen LogP contribution < -0.4 is 4.74 Å². The predicted octanol–water partition coefficient (Wildman–Crippen LogP) is 3.67. The fourth-order valence-corrected chi connectivity index (χ4v) is 1.38. The minimum Gasteiger partial charge on any atom is -0.491 e. The van der Waals surface area contributed by atoms with Crippen molar-refractivity contribution in [1.29, 1.82) is 0 Å². The first-order chi connectivity index (χ1) is 7.38. The van der Waals surface area contributed by atoms with Crippen LogP contribution in [0.3, 0.4) is 0 Å².